The molecular formula is C13H14ClNO2. The molecule has 0 N–H and O–H groups in total. The summed E-state index contributed by atoms with van der Waals surface area (Å²) in [6.07, 6.45) is 0.966. The molecule has 90 valence electrons. The number of carbonyl (C=O) groups is 2. The van der Waals surface area contributed by atoms with Gasteiger partial charge in [-0.2, -0.15) is 0 Å². The Bertz CT molecular complexity index is 484. The minimum Gasteiger partial charge on any atom is -0.304 e. The second-order valence-corrected chi connectivity index (χ2v) is 4.80. The Labute approximate surface area is 105 Å². The van der Waals surface area contributed by atoms with Gasteiger partial charge >= 0.3 is 0 Å². The Morgan fingerprint density at radius 3 is 2.71 bits per heavy atom. The van der Waals surface area contributed by atoms with Crippen molar-refractivity contribution in [1.29, 1.82) is 0 Å². The Morgan fingerprint density at radius 2 is 2.06 bits per heavy atom. The number of benzene rings is 1. The van der Waals surface area contributed by atoms with E-state index in [4.69, 9.17) is 11.6 Å². The minimum atomic E-state index is -0.492. The van der Waals surface area contributed by atoms with Crippen LogP contribution in [-0.4, -0.2) is 18.2 Å². The van der Waals surface area contributed by atoms with Gasteiger partial charge in [0.25, 0.3) is 11.7 Å². The summed E-state index contributed by atoms with van der Waals surface area (Å²) in [5, 5.41) is 0.354. The van der Waals surface area contributed by atoms with Gasteiger partial charge in [0.05, 0.1) is 16.3 Å². The molecule has 1 aromatic carbocycles. The summed E-state index contributed by atoms with van der Waals surface area (Å²) in [5.74, 6) is -0.598. The molecule has 1 atom stereocenters. The number of hydrogen-bond donors (Lipinski definition) is 0. The Balaban J connectivity index is 2.42. The zero-order chi connectivity index (χ0) is 12.6. The summed E-state index contributed by atoms with van der Waals surface area (Å²) in [5.41, 5.74) is 0.996. The number of hydrogen-bond acceptors (Lipinski definition) is 2. The van der Waals surface area contributed by atoms with Gasteiger partial charge in [-0.1, -0.05) is 37.9 Å². The van der Waals surface area contributed by atoms with E-state index in [1.165, 1.54) is 4.90 Å². The summed E-state index contributed by atoms with van der Waals surface area (Å²) >= 11 is 5.97. The Kier molecular flexibility index (Phi) is 3.20. The van der Waals surface area contributed by atoms with Gasteiger partial charge in [-0.05, 0) is 18.1 Å². The quantitative estimate of drug-likeness (QED) is 0.775. The molecule has 0 radical (unpaired) electrons. The largest absolute Gasteiger partial charge is 0.304 e. The number of anilines is 1. The molecule has 1 heterocycles. The van der Waals surface area contributed by atoms with Gasteiger partial charge in [0.2, 0.25) is 0 Å². The molecule has 0 aliphatic carbocycles. The predicted molar refractivity (Wildman–Crippen MR) is 67.6 cm³/mol. The van der Waals surface area contributed by atoms with Crippen molar-refractivity contribution in [3.05, 3.63) is 28.8 Å². The van der Waals surface area contributed by atoms with E-state index in [0.717, 1.165) is 6.42 Å². The molecule has 0 fully saturated rings. The zero-order valence-corrected chi connectivity index (χ0v) is 10.6. The smallest absolute Gasteiger partial charge is 0.299 e. The number of nitrogens with zero attached hydrogens (tertiary/aromatic N) is 1. The first-order valence-electron chi connectivity index (χ1n) is 5.71. The van der Waals surface area contributed by atoms with Crippen molar-refractivity contribution >= 4 is 29.0 Å². The molecule has 0 spiro atoms. The van der Waals surface area contributed by atoms with E-state index in [-0.39, 0.29) is 0 Å². The SMILES string of the molecule is CCC(C)CN1C(=O)C(=O)c2c(Cl)cccc21. The lowest BCUT2D eigenvalue weighted by Crippen LogP contribution is -2.33. The third kappa shape index (κ3) is 1.95. The monoisotopic (exact) mass is 251 g/mol. The standard InChI is InChI=1S/C13H14ClNO2/c1-3-8(2)7-15-10-6-4-5-9(14)11(10)12(16)13(15)17/h4-6,8H,3,7H2,1-2H3. The maximum absolute atomic E-state index is 11.9. The first-order chi connectivity index (χ1) is 8.06. The van der Waals surface area contributed by atoms with Crippen LogP contribution in [0.25, 0.3) is 0 Å². The highest BCUT2D eigenvalue weighted by Gasteiger charge is 2.37. The Morgan fingerprint density at radius 1 is 1.35 bits per heavy atom. The molecule has 17 heavy (non-hydrogen) atoms. The lowest BCUT2D eigenvalue weighted by Gasteiger charge is -2.20. The van der Waals surface area contributed by atoms with E-state index in [2.05, 4.69) is 13.8 Å². The lowest BCUT2D eigenvalue weighted by molar-refractivity contribution is -0.114. The van der Waals surface area contributed by atoms with E-state index < -0.39 is 11.7 Å². The molecule has 0 saturated carbocycles. The van der Waals surface area contributed by atoms with Crippen molar-refractivity contribution in [3.8, 4) is 0 Å². The molecular weight excluding hydrogens is 238 g/mol. The van der Waals surface area contributed by atoms with Crippen LogP contribution in [0, 0.1) is 5.92 Å². The van der Waals surface area contributed by atoms with Crippen molar-refractivity contribution < 1.29 is 9.59 Å². The highest BCUT2D eigenvalue weighted by molar-refractivity contribution is 6.55. The average Bonchev–Trinajstić information content (AvgIpc) is 2.55. The van der Waals surface area contributed by atoms with Gasteiger partial charge in [-0.25, -0.2) is 0 Å². The van der Waals surface area contributed by atoms with Crippen LogP contribution < -0.4 is 4.90 Å². The normalized spacial score (nSPS) is 16.3. The molecule has 1 aromatic rings. The molecule has 1 aliphatic rings. The molecule has 1 unspecified atom stereocenters. The highest BCUT2D eigenvalue weighted by atomic mass is 35.5. The summed E-state index contributed by atoms with van der Waals surface area (Å²) in [6, 6.07) is 5.17. The first-order valence-corrected chi connectivity index (χ1v) is 6.08. The second kappa shape index (κ2) is 4.49. The van der Waals surface area contributed by atoms with E-state index >= 15 is 0 Å². The van der Waals surface area contributed by atoms with Crippen LogP contribution in [0.1, 0.15) is 30.6 Å². The third-order valence-electron chi connectivity index (χ3n) is 3.14. The van der Waals surface area contributed by atoms with Crippen LogP contribution >= 0.6 is 11.6 Å². The summed E-state index contributed by atoms with van der Waals surface area (Å²) in [4.78, 5) is 25.2. The van der Waals surface area contributed by atoms with Crippen LogP contribution in [0.2, 0.25) is 5.02 Å². The molecule has 0 aromatic heterocycles. The van der Waals surface area contributed by atoms with Crippen LogP contribution in [-0.2, 0) is 4.79 Å². The van der Waals surface area contributed by atoms with Gasteiger partial charge in [-0.3, -0.25) is 9.59 Å². The molecule has 2 rings (SSSR count). The van der Waals surface area contributed by atoms with Crippen LogP contribution in [0.3, 0.4) is 0 Å². The van der Waals surface area contributed by atoms with Crippen molar-refractivity contribution in [1.82, 2.24) is 0 Å². The van der Waals surface area contributed by atoms with Gasteiger partial charge in [0.1, 0.15) is 0 Å². The molecule has 3 nitrogen and oxygen atoms in total. The van der Waals surface area contributed by atoms with Crippen LogP contribution in [0.4, 0.5) is 5.69 Å². The minimum absolute atomic E-state index is 0.350. The van der Waals surface area contributed by atoms with Crippen molar-refractivity contribution in [2.24, 2.45) is 5.92 Å². The van der Waals surface area contributed by atoms with Crippen molar-refractivity contribution in [2.75, 3.05) is 11.4 Å². The molecule has 0 saturated heterocycles. The third-order valence-corrected chi connectivity index (χ3v) is 3.46. The van der Waals surface area contributed by atoms with Crippen molar-refractivity contribution in [3.63, 3.8) is 0 Å². The molecule has 1 aliphatic heterocycles. The summed E-state index contributed by atoms with van der Waals surface area (Å²) in [7, 11) is 0. The number of carbonyl (C=O) groups excluding carboxylic acids is 2. The zero-order valence-electron chi connectivity index (χ0n) is 9.87. The lowest BCUT2D eigenvalue weighted by atomic mass is 10.1. The van der Waals surface area contributed by atoms with E-state index in [1.54, 1.807) is 18.2 Å². The Hall–Kier alpha value is -1.35. The maximum atomic E-state index is 11.9. The van der Waals surface area contributed by atoms with Gasteiger partial charge < -0.3 is 4.90 Å². The first kappa shape index (κ1) is 12.1. The molecule has 1 amide bonds. The fraction of sp³-hybridized carbons (Fsp3) is 0.385. The van der Waals surface area contributed by atoms with Gasteiger partial charge in [0, 0.05) is 6.54 Å². The second-order valence-electron chi connectivity index (χ2n) is 4.39. The summed E-state index contributed by atoms with van der Waals surface area (Å²) < 4.78 is 0. The molecule has 0 bridgehead atoms. The number of Topliss-reactive ketones (excluding diaryl/α,β-unsaturated/α-hetero) is 1. The van der Waals surface area contributed by atoms with Crippen molar-refractivity contribution in [2.45, 2.75) is 20.3 Å². The topological polar surface area (TPSA) is 37.4 Å². The average molecular weight is 252 g/mol. The van der Waals surface area contributed by atoms with E-state index in [0.29, 0.717) is 28.7 Å². The maximum Gasteiger partial charge on any atom is 0.299 e. The predicted octanol–water partition coefficient (Wildman–Crippen LogP) is 2.92. The van der Waals surface area contributed by atoms with Gasteiger partial charge in [-0.15, -0.1) is 0 Å². The van der Waals surface area contributed by atoms with Crippen LogP contribution in [0.5, 0.6) is 0 Å². The summed E-state index contributed by atoms with van der Waals surface area (Å²) in [6.45, 7) is 4.68. The van der Waals surface area contributed by atoms with Gasteiger partial charge in [0.15, 0.2) is 0 Å². The van der Waals surface area contributed by atoms with Crippen LogP contribution in [0.15, 0.2) is 18.2 Å². The number of rotatable bonds is 3. The van der Waals surface area contributed by atoms with E-state index in [1.807, 2.05) is 0 Å². The number of halogens is 1. The number of fused-ring (bicyclic) bond motifs is 1. The fourth-order valence-corrected chi connectivity index (χ4v) is 2.18. The van der Waals surface area contributed by atoms with E-state index in [9.17, 15) is 9.59 Å². The fourth-order valence-electron chi connectivity index (χ4n) is 1.92. The molecule has 4 heteroatoms. The number of amides is 1. The number of ketones is 1. The highest BCUT2D eigenvalue weighted by Crippen LogP contribution is 2.34.